The van der Waals surface area contributed by atoms with Crippen molar-refractivity contribution in [2.24, 2.45) is 0 Å². The monoisotopic (exact) mass is 477 g/mol. The van der Waals surface area contributed by atoms with Crippen molar-refractivity contribution in [3.05, 3.63) is 52.8 Å². The molecule has 0 spiro atoms. The second-order valence-corrected chi connectivity index (χ2v) is 7.71. The molecule has 1 unspecified atom stereocenters. The maximum absolute atomic E-state index is 12.8. The van der Waals surface area contributed by atoms with Crippen LogP contribution >= 0.6 is 11.6 Å². The fourth-order valence-corrected chi connectivity index (χ4v) is 3.63. The Bertz CT molecular complexity index is 971. The number of pyridine rings is 1. The number of carbonyl (C=O) groups is 1. The Morgan fingerprint density at radius 1 is 1.26 bits per heavy atom. The standard InChI is InChI=1S/C18H18ClF3N4O4S/c19-14-10-23-4-3-13(14)11-25-5-7-26(8-6-25)17(27)12-1-2-15(24-31(28)29)16(9-12)30-18(20,21)22/h1-4,9-10,24H,5-8,11H2,(H,28,29)/p-1. The third-order valence-electron chi connectivity index (χ3n) is 4.56. The van der Waals surface area contributed by atoms with Crippen LogP contribution < -0.4 is 9.46 Å². The van der Waals surface area contributed by atoms with E-state index < -0.39 is 35.0 Å². The second kappa shape index (κ2) is 9.81. The first-order chi connectivity index (χ1) is 14.6. The lowest BCUT2D eigenvalue weighted by Gasteiger charge is -2.35. The minimum absolute atomic E-state index is 0.0490. The molecule has 0 saturated carbocycles. The van der Waals surface area contributed by atoms with Gasteiger partial charge in [0.2, 0.25) is 0 Å². The van der Waals surface area contributed by atoms with Crippen LogP contribution in [0.5, 0.6) is 5.75 Å². The van der Waals surface area contributed by atoms with E-state index in [4.69, 9.17) is 11.6 Å². The summed E-state index contributed by atoms with van der Waals surface area (Å²) in [5.41, 5.74) is 0.428. The second-order valence-electron chi connectivity index (χ2n) is 6.63. The average molecular weight is 478 g/mol. The third kappa shape index (κ3) is 6.53. The average Bonchev–Trinajstić information content (AvgIpc) is 2.70. The first-order valence-corrected chi connectivity index (χ1v) is 10.4. The number of aromatic nitrogens is 1. The number of benzene rings is 1. The van der Waals surface area contributed by atoms with Crippen LogP contribution in [0.25, 0.3) is 0 Å². The zero-order valence-electron chi connectivity index (χ0n) is 15.9. The number of halogens is 4. The number of carbonyl (C=O) groups excluding carboxylic acids is 1. The van der Waals surface area contributed by atoms with Crippen molar-refractivity contribution in [2.45, 2.75) is 12.9 Å². The molecule has 0 aliphatic carbocycles. The van der Waals surface area contributed by atoms with Crippen LogP contribution in [0, 0.1) is 0 Å². The van der Waals surface area contributed by atoms with Crippen LogP contribution in [0.15, 0.2) is 36.7 Å². The number of alkyl halides is 3. The van der Waals surface area contributed by atoms with E-state index in [0.29, 0.717) is 37.7 Å². The summed E-state index contributed by atoms with van der Waals surface area (Å²) in [6.45, 7) is 2.40. The molecule has 1 aliphatic rings. The Morgan fingerprint density at radius 3 is 2.58 bits per heavy atom. The molecule has 13 heteroatoms. The maximum atomic E-state index is 12.8. The van der Waals surface area contributed by atoms with Crippen LogP contribution in [0.4, 0.5) is 18.9 Å². The van der Waals surface area contributed by atoms with Crippen molar-refractivity contribution >= 4 is 34.5 Å². The smallest absolute Gasteiger partial charge is 0.573 e. The lowest BCUT2D eigenvalue weighted by atomic mass is 10.1. The van der Waals surface area contributed by atoms with Crippen molar-refractivity contribution in [3.8, 4) is 5.75 Å². The van der Waals surface area contributed by atoms with E-state index in [1.165, 1.54) is 11.0 Å². The molecule has 0 radical (unpaired) electrons. The molecular weight excluding hydrogens is 461 g/mol. The molecule has 168 valence electrons. The summed E-state index contributed by atoms with van der Waals surface area (Å²) in [6.07, 6.45) is -1.86. The molecule has 1 aliphatic heterocycles. The summed E-state index contributed by atoms with van der Waals surface area (Å²) in [5, 5.41) is 0.547. The number of rotatable bonds is 6. The van der Waals surface area contributed by atoms with Crippen LogP contribution in [-0.4, -0.2) is 62.0 Å². The molecule has 1 fully saturated rings. The predicted octanol–water partition coefficient (Wildman–Crippen LogP) is 2.80. The van der Waals surface area contributed by atoms with Crippen molar-refractivity contribution in [1.82, 2.24) is 14.8 Å². The number of nitrogens with zero attached hydrogens (tertiary/aromatic N) is 3. The van der Waals surface area contributed by atoms with Crippen molar-refractivity contribution in [3.63, 3.8) is 0 Å². The molecule has 1 aromatic carbocycles. The molecule has 2 heterocycles. The number of hydrogen-bond donors (Lipinski definition) is 1. The topological polar surface area (TPSA) is 97.8 Å². The number of amides is 1. The van der Waals surface area contributed by atoms with Crippen LogP contribution in [0.2, 0.25) is 5.02 Å². The molecule has 1 N–H and O–H groups in total. The Kier molecular flexibility index (Phi) is 7.36. The fourth-order valence-electron chi connectivity index (χ4n) is 3.10. The number of nitrogens with one attached hydrogen (secondary N) is 1. The van der Waals surface area contributed by atoms with Gasteiger partial charge in [-0.15, -0.1) is 13.2 Å². The number of piperazine rings is 1. The first kappa shape index (κ1) is 23.3. The third-order valence-corrected chi connectivity index (χ3v) is 5.28. The molecule has 1 atom stereocenters. The highest BCUT2D eigenvalue weighted by atomic mass is 35.5. The predicted molar refractivity (Wildman–Crippen MR) is 106 cm³/mol. The lowest BCUT2D eigenvalue weighted by molar-refractivity contribution is -0.274. The van der Waals surface area contributed by atoms with Gasteiger partial charge in [-0.25, -0.2) is 0 Å². The highest BCUT2D eigenvalue weighted by Gasteiger charge is 2.33. The molecule has 31 heavy (non-hydrogen) atoms. The minimum Gasteiger partial charge on any atom is -0.755 e. The van der Waals surface area contributed by atoms with E-state index in [1.807, 2.05) is 10.8 Å². The fraction of sp³-hybridized carbons (Fsp3) is 0.333. The molecular formula is C18H17ClF3N4O4S-. The Balaban J connectivity index is 1.68. The van der Waals surface area contributed by atoms with Gasteiger partial charge in [-0.1, -0.05) is 11.6 Å². The van der Waals surface area contributed by atoms with Crippen molar-refractivity contribution in [1.29, 1.82) is 0 Å². The van der Waals surface area contributed by atoms with Crippen LogP contribution in [0.3, 0.4) is 0 Å². The van der Waals surface area contributed by atoms with Gasteiger partial charge in [-0.3, -0.25) is 18.9 Å². The summed E-state index contributed by atoms with van der Waals surface area (Å²) in [6, 6.07) is 4.97. The Labute approximate surface area is 183 Å². The summed E-state index contributed by atoms with van der Waals surface area (Å²) >= 11 is 3.26. The van der Waals surface area contributed by atoms with Gasteiger partial charge in [0, 0.05) is 61.9 Å². The van der Waals surface area contributed by atoms with Gasteiger partial charge in [0.15, 0.2) is 5.75 Å². The van der Waals surface area contributed by atoms with Gasteiger partial charge in [0.05, 0.1) is 10.7 Å². The first-order valence-electron chi connectivity index (χ1n) is 8.98. The highest BCUT2D eigenvalue weighted by molar-refractivity contribution is 7.80. The molecule has 1 aromatic heterocycles. The molecule has 3 rings (SSSR count). The van der Waals surface area contributed by atoms with Crippen LogP contribution in [-0.2, 0) is 17.8 Å². The van der Waals surface area contributed by atoms with E-state index in [9.17, 15) is 26.7 Å². The van der Waals surface area contributed by atoms with E-state index in [0.717, 1.165) is 17.7 Å². The van der Waals surface area contributed by atoms with Gasteiger partial charge >= 0.3 is 6.36 Å². The van der Waals surface area contributed by atoms with Gasteiger partial charge < -0.3 is 18.9 Å². The Morgan fingerprint density at radius 2 is 1.97 bits per heavy atom. The van der Waals surface area contributed by atoms with Crippen molar-refractivity contribution in [2.75, 3.05) is 30.9 Å². The van der Waals surface area contributed by atoms with Crippen LogP contribution in [0.1, 0.15) is 15.9 Å². The summed E-state index contributed by atoms with van der Waals surface area (Å²) < 4.78 is 65.3. The van der Waals surface area contributed by atoms with E-state index in [-0.39, 0.29) is 5.56 Å². The molecule has 2 aromatic rings. The maximum Gasteiger partial charge on any atom is 0.573 e. The van der Waals surface area contributed by atoms with Crippen molar-refractivity contribution < 1.29 is 31.5 Å². The van der Waals surface area contributed by atoms with Gasteiger partial charge in [0.25, 0.3) is 5.91 Å². The Hall–Kier alpha value is -2.41. The van der Waals surface area contributed by atoms with Gasteiger partial charge in [0.1, 0.15) is 0 Å². The quantitative estimate of drug-likeness (QED) is 0.642. The molecule has 8 nitrogen and oxygen atoms in total. The summed E-state index contributed by atoms with van der Waals surface area (Å²) in [5.74, 6) is -1.29. The van der Waals surface area contributed by atoms with Gasteiger partial charge in [-0.2, -0.15) is 0 Å². The van der Waals surface area contributed by atoms with E-state index in [2.05, 4.69) is 14.6 Å². The summed E-state index contributed by atoms with van der Waals surface area (Å²) in [7, 11) is 0. The zero-order chi connectivity index (χ0) is 22.6. The highest BCUT2D eigenvalue weighted by Crippen LogP contribution is 2.32. The normalized spacial score (nSPS) is 16.1. The summed E-state index contributed by atoms with van der Waals surface area (Å²) in [4.78, 5) is 20.3. The largest absolute Gasteiger partial charge is 0.755 e. The van der Waals surface area contributed by atoms with Gasteiger partial charge in [-0.05, 0) is 29.8 Å². The molecule has 1 saturated heterocycles. The number of anilines is 1. The van der Waals surface area contributed by atoms with E-state index in [1.54, 1.807) is 12.4 Å². The zero-order valence-corrected chi connectivity index (χ0v) is 17.5. The SMILES string of the molecule is O=C(c1ccc(NS(=O)[O-])c(OC(F)(F)F)c1)N1CCN(Cc2ccncc2Cl)CC1. The molecule has 1 amide bonds. The lowest BCUT2D eigenvalue weighted by Crippen LogP contribution is -2.48. The van der Waals surface area contributed by atoms with E-state index >= 15 is 0 Å². The number of hydrogen-bond acceptors (Lipinski definition) is 6. The minimum atomic E-state index is -5.05. The number of ether oxygens (including phenoxy) is 1. The molecule has 0 bridgehead atoms.